The second-order valence-electron chi connectivity index (χ2n) is 11.0. The summed E-state index contributed by atoms with van der Waals surface area (Å²) in [6, 6.07) is 2.58. The van der Waals surface area contributed by atoms with Crippen molar-refractivity contribution in [3.05, 3.63) is 29.3 Å². The zero-order chi connectivity index (χ0) is 31.0. The smallest absolute Gasteiger partial charge is 0.342 e. The predicted molar refractivity (Wildman–Crippen MR) is 146 cm³/mol. The molecule has 3 heterocycles. The van der Waals surface area contributed by atoms with E-state index in [-0.39, 0.29) is 34.4 Å². The lowest BCUT2D eigenvalue weighted by atomic mass is 9.89. The molecule has 4 amide bonds. The Morgan fingerprint density at radius 3 is 2.10 bits per heavy atom. The number of urea groups is 1. The van der Waals surface area contributed by atoms with Crippen LogP contribution < -0.4 is 10.6 Å². The fourth-order valence-corrected chi connectivity index (χ4v) is 6.41. The van der Waals surface area contributed by atoms with Crippen molar-refractivity contribution in [1.29, 1.82) is 0 Å². The summed E-state index contributed by atoms with van der Waals surface area (Å²) < 4.78 is 80.1. The van der Waals surface area contributed by atoms with Crippen molar-refractivity contribution in [2.24, 2.45) is 5.41 Å². The highest BCUT2D eigenvalue weighted by Crippen LogP contribution is 2.41. The number of anilines is 1. The van der Waals surface area contributed by atoms with Gasteiger partial charge < -0.3 is 15.1 Å². The molecular weight excluding hydrogens is 588 g/mol. The average molecular weight is 622 g/mol. The number of halogens is 6. The first-order valence-electron chi connectivity index (χ1n) is 13.6. The number of piperazine rings is 1. The van der Waals surface area contributed by atoms with Crippen LogP contribution in [0.3, 0.4) is 0 Å². The third-order valence-corrected chi connectivity index (χ3v) is 8.98. The lowest BCUT2D eigenvalue weighted by molar-refractivity contribution is -0.217. The largest absolute Gasteiger partial charge is 0.416 e. The minimum atomic E-state index is -4.65. The van der Waals surface area contributed by atoms with Crippen molar-refractivity contribution in [2.45, 2.75) is 52.0 Å². The molecule has 1 aromatic heterocycles. The molecule has 8 nitrogen and oxygen atoms in total. The topological polar surface area (TPSA) is 85.0 Å². The number of likely N-dealkylation sites (tertiary alicyclic amines) is 1. The van der Waals surface area contributed by atoms with E-state index in [0.717, 1.165) is 37.3 Å². The zero-order valence-electron chi connectivity index (χ0n) is 23.4. The number of rotatable bonds is 5. The van der Waals surface area contributed by atoms with Gasteiger partial charge in [-0.2, -0.15) is 26.3 Å². The number of benzene rings is 1. The van der Waals surface area contributed by atoms with Gasteiger partial charge in [-0.1, -0.05) is 6.07 Å². The Labute approximate surface area is 243 Å². The summed E-state index contributed by atoms with van der Waals surface area (Å²) in [5.74, 6) is -1.35. The first kappa shape index (κ1) is 31.9. The van der Waals surface area contributed by atoms with Crippen LogP contribution in [0.1, 0.15) is 49.5 Å². The molecule has 2 saturated heterocycles. The van der Waals surface area contributed by atoms with Gasteiger partial charge in [0.2, 0.25) is 5.91 Å². The van der Waals surface area contributed by atoms with Crippen molar-refractivity contribution in [3.63, 3.8) is 0 Å². The fourth-order valence-electron chi connectivity index (χ4n) is 5.28. The maximum absolute atomic E-state index is 13.7. The molecule has 2 aromatic rings. The number of nitrogens with zero attached hydrogens (tertiary/aromatic N) is 3. The van der Waals surface area contributed by atoms with Gasteiger partial charge in [0.1, 0.15) is 10.4 Å². The van der Waals surface area contributed by atoms with E-state index < -0.39 is 41.2 Å². The maximum Gasteiger partial charge on any atom is 0.416 e. The minimum Gasteiger partial charge on any atom is -0.342 e. The monoisotopic (exact) mass is 621 g/mol. The van der Waals surface area contributed by atoms with Crippen LogP contribution in [-0.4, -0.2) is 90.6 Å². The lowest BCUT2D eigenvalue weighted by Crippen LogP contribution is -2.56. The van der Waals surface area contributed by atoms with Crippen LogP contribution >= 0.6 is 11.3 Å². The summed E-state index contributed by atoms with van der Waals surface area (Å²) in [7, 11) is 0. The minimum absolute atomic E-state index is 0.0398. The van der Waals surface area contributed by atoms with Crippen molar-refractivity contribution >= 4 is 44.3 Å². The van der Waals surface area contributed by atoms with Gasteiger partial charge in [-0.15, -0.1) is 11.3 Å². The van der Waals surface area contributed by atoms with E-state index in [1.54, 1.807) is 11.8 Å². The molecule has 2 fully saturated rings. The average Bonchev–Trinajstić information content (AvgIpc) is 3.28. The molecule has 0 aliphatic carbocycles. The van der Waals surface area contributed by atoms with Crippen molar-refractivity contribution < 1.29 is 40.7 Å². The van der Waals surface area contributed by atoms with Crippen LogP contribution in [0.25, 0.3) is 10.1 Å². The molecule has 0 unspecified atom stereocenters. The molecule has 0 saturated carbocycles. The fraction of sp³-hybridized carbons (Fsp3) is 0.593. The Morgan fingerprint density at radius 1 is 0.929 bits per heavy atom. The number of carbonyl (C=O) groups is 3. The lowest BCUT2D eigenvalue weighted by Gasteiger charge is -2.44. The van der Waals surface area contributed by atoms with E-state index >= 15 is 0 Å². The number of hydrogen-bond donors (Lipinski definition) is 2. The number of fused-ring (bicyclic) bond motifs is 1. The van der Waals surface area contributed by atoms with Gasteiger partial charge in [0, 0.05) is 61.9 Å². The maximum atomic E-state index is 13.7. The standard InChI is InChI=1S/C27H33F6N5O3S/c1-4-34-24(41)35-21-20(18-6-5-16(26(28,29)30)15-19(18)42-21)22(39)37-13-11-36(12-14-37)17-7-9-38(10-8-17)23(40)25(2,3)27(31,32)33/h5-6,15,17H,4,7-14H2,1-3H3,(H2,34,35,41). The number of alkyl halides is 6. The first-order chi connectivity index (χ1) is 19.5. The number of thiophene rings is 1. The van der Waals surface area contributed by atoms with Crippen LogP contribution in [-0.2, 0) is 11.0 Å². The predicted octanol–water partition coefficient (Wildman–Crippen LogP) is 5.40. The van der Waals surface area contributed by atoms with Gasteiger partial charge in [0.15, 0.2) is 0 Å². The summed E-state index contributed by atoms with van der Waals surface area (Å²) in [5, 5.41) is 5.62. The Morgan fingerprint density at radius 2 is 1.55 bits per heavy atom. The Hall–Kier alpha value is -3.07. The van der Waals surface area contributed by atoms with Gasteiger partial charge in [-0.25, -0.2) is 4.79 Å². The van der Waals surface area contributed by atoms with Crippen molar-refractivity contribution in [1.82, 2.24) is 20.0 Å². The molecule has 1 aromatic carbocycles. The Balaban J connectivity index is 1.44. The highest BCUT2D eigenvalue weighted by Gasteiger charge is 2.54. The summed E-state index contributed by atoms with van der Waals surface area (Å²) >= 11 is 0.897. The second-order valence-corrected chi connectivity index (χ2v) is 12.0. The third-order valence-electron chi connectivity index (χ3n) is 7.91. The van der Waals surface area contributed by atoms with Gasteiger partial charge in [0.25, 0.3) is 5.91 Å². The molecule has 0 atom stereocenters. The SMILES string of the molecule is CCNC(=O)Nc1sc2cc(C(F)(F)F)ccc2c1C(=O)N1CCN(C2CCN(C(=O)C(C)(C)C(F)(F)F)CC2)CC1. The molecule has 0 radical (unpaired) electrons. The molecule has 42 heavy (non-hydrogen) atoms. The molecule has 2 aliphatic heterocycles. The third kappa shape index (κ3) is 6.46. The number of nitrogens with one attached hydrogen (secondary N) is 2. The number of piperidine rings is 1. The summed E-state index contributed by atoms with van der Waals surface area (Å²) in [6.07, 6.45) is -8.20. The molecule has 15 heteroatoms. The highest BCUT2D eigenvalue weighted by atomic mass is 32.1. The molecule has 4 rings (SSSR count). The Bertz CT molecular complexity index is 1330. The van der Waals surface area contributed by atoms with E-state index in [2.05, 4.69) is 15.5 Å². The molecule has 2 aliphatic rings. The van der Waals surface area contributed by atoms with E-state index in [9.17, 15) is 40.7 Å². The molecular formula is C27H33F6N5O3S. The zero-order valence-corrected chi connectivity index (χ0v) is 24.2. The summed E-state index contributed by atoms with van der Waals surface area (Å²) in [4.78, 5) is 43.5. The van der Waals surface area contributed by atoms with Crippen LogP contribution in [0.4, 0.5) is 36.1 Å². The van der Waals surface area contributed by atoms with Gasteiger partial charge in [-0.3, -0.25) is 19.8 Å². The Kier molecular flexibility index (Phi) is 9.03. The van der Waals surface area contributed by atoms with E-state index in [1.807, 2.05) is 0 Å². The van der Waals surface area contributed by atoms with Crippen molar-refractivity contribution in [2.75, 3.05) is 51.1 Å². The summed E-state index contributed by atoms with van der Waals surface area (Å²) in [5.41, 5.74) is -3.19. The van der Waals surface area contributed by atoms with Gasteiger partial charge >= 0.3 is 18.4 Å². The van der Waals surface area contributed by atoms with Crippen LogP contribution in [0.15, 0.2) is 18.2 Å². The normalized spacial score (nSPS) is 17.9. The van der Waals surface area contributed by atoms with Crippen molar-refractivity contribution in [3.8, 4) is 0 Å². The van der Waals surface area contributed by atoms with Crippen LogP contribution in [0, 0.1) is 5.41 Å². The highest BCUT2D eigenvalue weighted by molar-refractivity contribution is 7.23. The first-order valence-corrected chi connectivity index (χ1v) is 14.4. The molecule has 0 bridgehead atoms. The molecule has 232 valence electrons. The van der Waals surface area contributed by atoms with E-state index in [1.165, 1.54) is 11.0 Å². The van der Waals surface area contributed by atoms with Gasteiger partial charge in [0.05, 0.1) is 11.1 Å². The number of amides is 4. The summed E-state index contributed by atoms with van der Waals surface area (Å²) in [6.45, 7) is 5.81. The second kappa shape index (κ2) is 11.9. The molecule has 2 N–H and O–H groups in total. The molecule has 0 spiro atoms. The van der Waals surface area contributed by atoms with E-state index in [0.29, 0.717) is 51.0 Å². The quantitative estimate of drug-likeness (QED) is 0.438. The van der Waals surface area contributed by atoms with Crippen LogP contribution in [0.2, 0.25) is 0 Å². The van der Waals surface area contributed by atoms with E-state index in [4.69, 9.17) is 0 Å². The van der Waals surface area contributed by atoms with Gasteiger partial charge in [-0.05, 0) is 45.7 Å². The van der Waals surface area contributed by atoms with Crippen LogP contribution in [0.5, 0.6) is 0 Å². The number of hydrogen-bond acceptors (Lipinski definition) is 5. The number of carbonyl (C=O) groups excluding carboxylic acids is 3.